The molecule has 0 aromatic heterocycles. The molecule has 0 unspecified atom stereocenters. The van der Waals surface area contributed by atoms with E-state index in [0.717, 1.165) is 31.9 Å². The Hall–Kier alpha value is -1.55. The quantitative estimate of drug-likeness (QED) is 0.756. The normalized spacial score (nSPS) is 16.8. The molecule has 1 aliphatic heterocycles. The summed E-state index contributed by atoms with van der Waals surface area (Å²) in [5, 5.41) is 11.1. The summed E-state index contributed by atoms with van der Waals surface area (Å²) < 4.78 is 0. The van der Waals surface area contributed by atoms with Crippen molar-refractivity contribution in [3.05, 3.63) is 29.8 Å². The molecule has 98 valence electrons. The average Bonchev–Trinajstić information content (AvgIpc) is 2.40. The van der Waals surface area contributed by atoms with Gasteiger partial charge in [0.2, 0.25) is 0 Å². The zero-order chi connectivity index (χ0) is 13.0. The van der Waals surface area contributed by atoms with Gasteiger partial charge in [0.05, 0.1) is 38.7 Å². The molecule has 4 nitrogen and oxygen atoms in total. The first-order valence-corrected chi connectivity index (χ1v) is 6.61. The van der Waals surface area contributed by atoms with Crippen LogP contribution < -0.4 is 14.9 Å². The molecular formula is C14H20N2O2. The lowest BCUT2D eigenvalue weighted by Crippen LogP contribution is -3.14. The second kappa shape index (κ2) is 5.87. The minimum Gasteiger partial charge on any atom is -0.545 e. The molecule has 4 heteroatoms. The monoisotopic (exact) mass is 248 g/mol. The number of aromatic carboxylic acids is 1. The van der Waals surface area contributed by atoms with Crippen molar-refractivity contribution < 1.29 is 14.8 Å². The molecule has 1 N–H and O–H groups in total. The fourth-order valence-corrected chi connectivity index (χ4v) is 2.59. The topological polar surface area (TPSA) is 47.8 Å². The molecule has 0 saturated carbocycles. The van der Waals surface area contributed by atoms with Crippen molar-refractivity contribution in [1.29, 1.82) is 0 Å². The van der Waals surface area contributed by atoms with Crippen LogP contribution in [0.2, 0.25) is 0 Å². The fraction of sp³-hybridized carbons (Fsp3) is 0.500. The highest BCUT2D eigenvalue weighted by atomic mass is 16.4. The molecule has 1 fully saturated rings. The number of carboxylic acids is 1. The lowest BCUT2D eigenvalue weighted by Gasteiger charge is -2.34. The smallest absolute Gasteiger partial charge is 0.0949 e. The third-order valence-electron chi connectivity index (χ3n) is 3.54. The Bertz CT molecular complexity index is 412. The van der Waals surface area contributed by atoms with Crippen LogP contribution >= 0.6 is 0 Å². The number of hydrogen-bond donors (Lipinski definition) is 1. The van der Waals surface area contributed by atoms with E-state index in [-0.39, 0.29) is 0 Å². The number of quaternary nitrogens is 1. The van der Waals surface area contributed by atoms with Gasteiger partial charge in [-0.3, -0.25) is 0 Å². The Balaban J connectivity index is 2.07. The molecule has 1 aromatic rings. The van der Waals surface area contributed by atoms with Crippen LogP contribution in [-0.2, 0) is 0 Å². The summed E-state index contributed by atoms with van der Waals surface area (Å²) >= 11 is 0. The highest BCUT2D eigenvalue weighted by molar-refractivity contribution is 5.93. The van der Waals surface area contributed by atoms with Crippen molar-refractivity contribution in [2.24, 2.45) is 0 Å². The van der Waals surface area contributed by atoms with Crippen LogP contribution in [0.5, 0.6) is 0 Å². The first kappa shape index (κ1) is 12.9. The number of para-hydroxylation sites is 1. The Morgan fingerprint density at radius 1 is 1.33 bits per heavy atom. The lowest BCUT2D eigenvalue weighted by atomic mass is 10.1. The summed E-state index contributed by atoms with van der Waals surface area (Å²) in [5.74, 6) is -1.09. The van der Waals surface area contributed by atoms with Gasteiger partial charge in [-0.25, -0.2) is 0 Å². The van der Waals surface area contributed by atoms with Crippen LogP contribution in [0.3, 0.4) is 0 Å². The van der Waals surface area contributed by atoms with Crippen LogP contribution in [0.25, 0.3) is 0 Å². The van der Waals surface area contributed by atoms with Crippen molar-refractivity contribution in [2.45, 2.75) is 13.3 Å². The number of carbonyl (C=O) groups excluding carboxylic acids is 1. The van der Waals surface area contributed by atoms with E-state index in [1.807, 2.05) is 12.1 Å². The van der Waals surface area contributed by atoms with E-state index in [2.05, 4.69) is 11.8 Å². The Kier molecular flexibility index (Phi) is 4.20. The van der Waals surface area contributed by atoms with Crippen LogP contribution in [-0.4, -0.2) is 38.7 Å². The molecule has 1 aliphatic rings. The van der Waals surface area contributed by atoms with Gasteiger partial charge in [-0.2, -0.15) is 0 Å². The second-order valence-electron chi connectivity index (χ2n) is 4.79. The maximum Gasteiger partial charge on any atom is 0.0949 e. The predicted octanol–water partition coefficient (Wildman–Crippen LogP) is -0.835. The molecule has 1 heterocycles. The molecule has 0 amide bonds. The third kappa shape index (κ3) is 2.82. The largest absolute Gasteiger partial charge is 0.545 e. The van der Waals surface area contributed by atoms with Crippen LogP contribution in [0, 0.1) is 0 Å². The zero-order valence-electron chi connectivity index (χ0n) is 10.8. The number of benzene rings is 1. The van der Waals surface area contributed by atoms with Crippen LogP contribution in [0.1, 0.15) is 23.7 Å². The first-order chi connectivity index (χ1) is 8.72. The minimum absolute atomic E-state index is 0.302. The molecule has 0 aliphatic carbocycles. The first-order valence-electron chi connectivity index (χ1n) is 6.61. The van der Waals surface area contributed by atoms with Crippen LogP contribution in [0.4, 0.5) is 5.69 Å². The second-order valence-corrected chi connectivity index (χ2v) is 4.79. The zero-order valence-corrected chi connectivity index (χ0v) is 10.8. The number of piperazine rings is 1. The van der Waals surface area contributed by atoms with Crippen molar-refractivity contribution in [3.8, 4) is 0 Å². The predicted molar refractivity (Wildman–Crippen MR) is 68.8 cm³/mol. The number of nitrogens with zero attached hydrogens (tertiary/aromatic N) is 1. The number of nitrogens with one attached hydrogen (secondary N) is 1. The van der Waals surface area contributed by atoms with Gasteiger partial charge in [-0.05, 0) is 12.5 Å². The summed E-state index contributed by atoms with van der Waals surface area (Å²) in [4.78, 5) is 14.9. The average molecular weight is 248 g/mol. The molecule has 0 bridgehead atoms. The van der Waals surface area contributed by atoms with Gasteiger partial charge in [0, 0.05) is 11.3 Å². The minimum atomic E-state index is -1.09. The summed E-state index contributed by atoms with van der Waals surface area (Å²) in [6.45, 7) is 7.39. The molecule has 0 atom stereocenters. The van der Waals surface area contributed by atoms with E-state index in [0.29, 0.717) is 5.56 Å². The van der Waals surface area contributed by atoms with Crippen molar-refractivity contribution >= 4 is 11.7 Å². The number of carboxylic acid groups (broad SMARTS) is 1. The van der Waals surface area contributed by atoms with Gasteiger partial charge in [-0.15, -0.1) is 0 Å². The van der Waals surface area contributed by atoms with Gasteiger partial charge in [0.25, 0.3) is 0 Å². The maximum absolute atomic E-state index is 11.1. The third-order valence-corrected chi connectivity index (χ3v) is 3.54. The SMILES string of the molecule is CCC[NH+]1CCN(c2ccccc2C(=O)[O-])CC1. The van der Waals surface area contributed by atoms with E-state index in [1.165, 1.54) is 13.0 Å². The van der Waals surface area contributed by atoms with E-state index in [4.69, 9.17) is 0 Å². The van der Waals surface area contributed by atoms with Crippen molar-refractivity contribution in [2.75, 3.05) is 37.6 Å². The molecule has 2 rings (SSSR count). The van der Waals surface area contributed by atoms with E-state index in [9.17, 15) is 9.90 Å². The van der Waals surface area contributed by atoms with Crippen molar-refractivity contribution in [1.82, 2.24) is 0 Å². The van der Waals surface area contributed by atoms with Gasteiger partial charge in [-0.1, -0.05) is 25.1 Å². The standard InChI is InChI=1S/C14H20N2O2/c1-2-7-15-8-10-16(11-9-15)13-6-4-3-5-12(13)14(17)18/h3-6H,2,7-11H2,1H3,(H,17,18). The van der Waals surface area contributed by atoms with E-state index < -0.39 is 5.97 Å². The summed E-state index contributed by atoms with van der Waals surface area (Å²) in [7, 11) is 0. The van der Waals surface area contributed by atoms with Gasteiger partial charge in [0.1, 0.15) is 0 Å². The number of hydrogen-bond acceptors (Lipinski definition) is 3. The van der Waals surface area contributed by atoms with Gasteiger partial charge < -0.3 is 19.7 Å². The lowest BCUT2D eigenvalue weighted by molar-refractivity contribution is -0.900. The Morgan fingerprint density at radius 2 is 2.00 bits per heavy atom. The van der Waals surface area contributed by atoms with E-state index >= 15 is 0 Å². The van der Waals surface area contributed by atoms with Crippen LogP contribution in [0.15, 0.2) is 24.3 Å². The Morgan fingerprint density at radius 3 is 2.61 bits per heavy atom. The van der Waals surface area contributed by atoms with Gasteiger partial charge in [0.15, 0.2) is 0 Å². The highest BCUT2D eigenvalue weighted by Gasteiger charge is 2.20. The summed E-state index contributed by atoms with van der Waals surface area (Å²) in [5.41, 5.74) is 1.10. The molecule has 18 heavy (non-hydrogen) atoms. The summed E-state index contributed by atoms with van der Waals surface area (Å²) in [6, 6.07) is 7.12. The molecule has 0 spiro atoms. The number of anilines is 1. The summed E-state index contributed by atoms with van der Waals surface area (Å²) in [6.07, 6.45) is 1.20. The molecular weight excluding hydrogens is 228 g/mol. The fourth-order valence-electron chi connectivity index (χ4n) is 2.59. The highest BCUT2D eigenvalue weighted by Crippen LogP contribution is 2.19. The maximum atomic E-state index is 11.1. The number of carbonyl (C=O) groups is 1. The van der Waals surface area contributed by atoms with E-state index in [1.54, 1.807) is 17.0 Å². The molecule has 0 radical (unpaired) electrons. The van der Waals surface area contributed by atoms with Gasteiger partial charge >= 0.3 is 0 Å². The van der Waals surface area contributed by atoms with Crippen molar-refractivity contribution in [3.63, 3.8) is 0 Å². The Labute approximate surface area is 108 Å². The number of rotatable bonds is 4. The molecule has 1 saturated heterocycles. The molecule has 1 aromatic carbocycles.